The minimum absolute atomic E-state index is 0.126. The molecule has 1 heterocycles. The lowest BCUT2D eigenvalue weighted by Gasteiger charge is -2.32. The fraction of sp³-hybridized carbons (Fsp3) is 0.846. The molecule has 1 rings (SSSR count). The van der Waals surface area contributed by atoms with Gasteiger partial charge in [-0.1, -0.05) is 0 Å². The van der Waals surface area contributed by atoms with Crippen LogP contribution in [0, 0.1) is 5.92 Å². The molecule has 4 heteroatoms. The predicted octanol–water partition coefficient (Wildman–Crippen LogP) is 1.15. The summed E-state index contributed by atoms with van der Waals surface area (Å²) in [5.74, 6) is 0.518. The van der Waals surface area contributed by atoms with Crippen molar-refractivity contribution in [1.82, 2.24) is 9.80 Å². The van der Waals surface area contributed by atoms with Gasteiger partial charge in [0, 0.05) is 25.6 Å². The Labute approximate surface area is 104 Å². The summed E-state index contributed by atoms with van der Waals surface area (Å²) >= 11 is 0. The number of carbonyl (C=O) groups is 2. The number of rotatable bonds is 4. The predicted molar refractivity (Wildman–Crippen MR) is 67.8 cm³/mol. The molecule has 0 aliphatic carbocycles. The zero-order valence-electron chi connectivity index (χ0n) is 11.4. The Morgan fingerprint density at radius 2 is 2.06 bits per heavy atom. The highest BCUT2D eigenvalue weighted by Gasteiger charge is 2.25. The van der Waals surface area contributed by atoms with Crippen molar-refractivity contribution in [3.63, 3.8) is 0 Å². The minimum atomic E-state index is 0.126. The summed E-state index contributed by atoms with van der Waals surface area (Å²) in [6, 6.07) is 0.232. The molecule has 1 fully saturated rings. The van der Waals surface area contributed by atoms with E-state index < -0.39 is 0 Å². The first-order valence-electron chi connectivity index (χ1n) is 6.40. The molecule has 4 nitrogen and oxygen atoms in total. The minimum Gasteiger partial charge on any atom is -0.342 e. The summed E-state index contributed by atoms with van der Waals surface area (Å²) in [7, 11) is 1.83. The average molecular weight is 240 g/mol. The third-order valence-corrected chi connectivity index (χ3v) is 3.61. The molecule has 1 atom stereocenters. The Kier molecular flexibility index (Phi) is 5.12. The van der Waals surface area contributed by atoms with E-state index in [9.17, 15) is 9.59 Å². The maximum absolute atomic E-state index is 11.9. The number of nitrogens with zero attached hydrogens (tertiary/aromatic N) is 2. The van der Waals surface area contributed by atoms with Crippen molar-refractivity contribution in [2.75, 3.05) is 26.7 Å². The number of amides is 1. The maximum atomic E-state index is 11.9. The summed E-state index contributed by atoms with van der Waals surface area (Å²) in [6.45, 7) is 7.78. The molecule has 1 amide bonds. The van der Waals surface area contributed by atoms with Gasteiger partial charge in [0.2, 0.25) is 5.91 Å². The van der Waals surface area contributed by atoms with Gasteiger partial charge < -0.3 is 4.90 Å². The molecule has 0 spiro atoms. The third kappa shape index (κ3) is 4.11. The van der Waals surface area contributed by atoms with E-state index in [0.29, 0.717) is 6.54 Å². The fourth-order valence-corrected chi connectivity index (χ4v) is 2.12. The van der Waals surface area contributed by atoms with E-state index >= 15 is 0 Å². The topological polar surface area (TPSA) is 40.6 Å². The van der Waals surface area contributed by atoms with Crippen LogP contribution < -0.4 is 0 Å². The number of hydrogen-bond donors (Lipinski definition) is 0. The molecule has 1 aliphatic rings. The van der Waals surface area contributed by atoms with Crippen molar-refractivity contribution < 1.29 is 9.59 Å². The van der Waals surface area contributed by atoms with E-state index in [2.05, 4.69) is 4.90 Å². The molecule has 1 saturated heterocycles. The van der Waals surface area contributed by atoms with Gasteiger partial charge in [-0.2, -0.15) is 0 Å². The van der Waals surface area contributed by atoms with E-state index in [1.54, 1.807) is 11.8 Å². The van der Waals surface area contributed by atoms with Crippen LogP contribution in [0.25, 0.3) is 0 Å². The van der Waals surface area contributed by atoms with Crippen LogP contribution in [-0.4, -0.2) is 54.2 Å². The molecule has 0 aromatic carbocycles. The molecule has 1 aliphatic heterocycles. The Bertz CT molecular complexity index is 289. The second kappa shape index (κ2) is 6.15. The lowest BCUT2D eigenvalue weighted by molar-refractivity contribution is -0.134. The van der Waals surface area contributed by atoms with Crippen molar-refractivity contribution in [3.05, 3.63) is 0 Å². The fourth-order valence-electron chi connectivity index (χ4n) is 2.12. The molecular weight excluding hydrogens is 216 g/mol. The normalized spacial score (nSPS) is 21.6. The first-order chi connectivity index (χ1) is 7.91. The van der Waals surface area contributed by atoms with E-state index in [1.165, 1.54) is 0 Å². The number of Topliss-reactive ketones (excluding diaryl/α,β-unsaturated/α-hetero) is 1. The molecule has 0 saturated carbocycles. The number of likely N-dealkylation sites (tertiary alicyclic amines) is 1. The Morgan fingerprint density at radius 1 is 1.41 bits per heavy atom. The summed E-state index contributed by atoms with van der Waals surface area (Å²) in [4.78, 5) is 27.1. The van der Waals surface area contributed by atoms with Crippen LogP contribution in [0.4, 0.5) is 0 Å². The zero-order valence-corrected chi connectivity index (χ0v) is 11.4. The molecule has 0 aromatic heterocycles. The molecule has 0 radical (unpaired) electrons. The smallest absolute Gasteiger partial charge is 0.236 e. The monoisotopic (exact) mass is 240 g/mol. The standard InChI is InChI=1S/C13H24N2O2/c1-10(2)14(4)13(17)9-15-7-5-6-12(8-15)11(3)16/h10,12H,5-9H2,1-4H3. The van der Waals surface area contributed by atoms with Crippen LogP contribution in [0.1, 0.15) is 33.6 Å². The zero-order chi connectivity index (χ0) is 13.0. The molecule has 0 aromatic rings. The number of piperidine rings is 1. The second-order valence-electron chi connectivity index (χ2n) is 5.28. The van der Waals surface area contributed by atoms with Gasteiger partial charge in [0.15, 0.2) is 0 Å². The molecule has 1 unspecified atom stereocenters. The Hall–Kier alpha value is -0.900. The van der Waals surface area contributed by atoms with Gasteiger partial charge in [-0.05, 0) is 40.2 Å². The van der Waals surface area contributed by atoms with E-state index in [1.807, 2.05) is 20.9 Å². The number of ketones is 1. The van der Waals surface area contributed by atoms with Crippen LogP contribution in [0.15, 0.2) is 0 Å². The van der Waals surface area contributed by atoms with Crippen molar-refractivity contribution in [1.29, 1.82) is 0 Å². The van der Waals surface area contributed by atoms with E-state index in [0.717, 1.165) is 25.9 Å². The summed E-state index contributed by atoms with van der Waals surface area (Å²) in [6.07, 6.45) is 1.99. The first kappa shape index (κ1) is 14.2. The lowest BCUT2D eigenvalue weighted by Crippen LogP contribution is -2.45. The van der Waals surface area contributed by atoms with Crippen molar-refractivity contribution in [3.8, 4) is 0 Å². The summed E-state index contributed by atoms with van der Waals surface area (Å²) < 4.78 is 0. The number of hydrogen-bond acceptors (Lipinski definition) is 3. The van der Waals surface area contributed by atoms with Gasteiger partial charge in [0.25, 0.3) is 0 Å². The van der Waals surface area contributed by atoms with Crippen LogP contribution in [0.3, 0.4) is 0 Å². The second-order valence-corrected chi connectivity index (χ2v) is 5.28. The quantitative estimate of drug-likeness (QED) is 0.740. The van der Waals surface area contributed by atoms with Crippen LogP contribution in [-0.2, 0) is 9.59 Å². The van der Waals surface area contributed by atoms with Gasteiger partial charge in [0.05, 0.1) is 6.54 Å². The van der Waals surface area contributed by atoms with Crippen LogP contribution in [0.2, 0.25) is 0 Å². The van der Waals surface area contributed by atoms with Crippen molar-refractivity contribution >= 4 is 11.7 Å². The highest BCUT2D eigenvalue weighted by molar-refractivity contribution is 5.80. The lowest BCUT2D eigenvalue weighted by atomic mass is 9.94. The average Bonchev–Trinajstić information content (AvgIpc) is 2.28. The van der Waals surface area contributed by atoms with Crippen LogP contribution >= 0.6 is 0 Å². The first-order valence-corrected chi connectivity index (χ1v) is 6.40. The highest BCUT2D eigenvalue weighted by Crippen LogP contribution is 2.17. The van der Waals surface area contributed by atoms with Gasteiger partial charge in [-0.25, -0.2) is 0 Å². The van der Waals surface area contributed by atoms with E-state index in [-0.39, 0.29) is 23.7 Å². The summed E-state index contributed by atoms with van der Waals surface area (Å²) in [5, 5.41) is 0. The maximum Gasteiger partial charge on any atom is 0.236 e. The molecule has 17 heavy (non-hydrogen) atoms. The van der Waals surface area contributed by atoms with Crippen LogP contribution in [0.5, 0.6) is 0 Å². The van der Waals surface area contributed by atoms with Gasteiger partial charge in [-0.3, -0.25) is 14.5 Å². The largest absolute Gasteiger partial charge is 0.342 e. The Morgan fingerprint density at radius 3 is 2.59 bits per heavy atom. The van der Waals surface area contributed by atoms with Crippen molar-refractivity contribution in [2.24, 2.45) is 5.92 Å². The van der Waals surface area contributed by atoms with E-state index in [4.69, 9.17) is 0 Å². The van der Waals surface area contributed by atoms with Gasteiger partial charge >= 0.3 is 0 Å². The van der Waals surface area contributed by atoms with Gasteiger partial charge in [-0.15, -0.1) is 0 Å². The SMILES string of the molecule is CC(=O)C1CCCN(CC(=O)N(C)C(C)C)C1. The summed E-state index contributed by atoms with van der Waals surface area (Å²) in [5.41, 5.74) is 0. The number of likely N-dealkylation sites (N-methyl/N-ethyl adjacent to an activating group) is 1. The highest BCUT2D eigenvalue weighted by atomic mass is 16.2. The number of carbonyl (C=O) groups excluding carboxylic acids is 2. The molecule has 0 bridgehead atoms. The third-order valence-electron chi connectivity index (χ3n) is 3.61. The molecule has 98 valence electrons. The Balaban J connectivity index is 2.46. The molecule has 0 N–H and O–H groups in total. The van der Waals surface area contributed by atoms with Gasteiger partial charge in [0.1, 0.15) is 5.78 Å². The van der Waals surface area contributed by atoms with Crippen molar-refractivity contribution in [2.45, 2.75) is 39.7 Å². The molecular formula is C13H24N2O2.